The van der Waals surface area contributed by atoms with E-state index >= 15 is 0 Å². The third-order valence-corrected chi connectivity index (χ3v) is 3.35. The molecule has 17 heavy (non-hydrogen) atoms. The fourth-order valence-electron chi connectivity index (χ4n) is 1.63. The molecule has 3 rings (SSSR count). The van der Waals surface area contributed by atoms with Crippen molar-refractivity contribution in [1.82, 2.24) is 9.97 Å². The van der Waals surface area contributed by atoms with Crippen molar-refractivity contribution in [2.45, 2.75) is 6.54 Å². The lowest BCUT2D eigenvalue weighted by atomic mass is 10.3. The van der Waals surface area contributed by atoms with E-state index in [1.807, 2.05) is 30.3 Å². The van der Waals surface area contributed by atoms with E-state index in [2.05, 4.69) is 26.7 Å². The SMILES string of the molecule is c1csc(CNc2cnc3ccccc3n2)c1. The Labute approximate surface area is 103 Å². The summed E-state index contributed by atoms with van der Waals surface area (Å²) < 4.78 is 0. The summed E-state index contributed by atoms with van der Waals surface area (Å²) in [6.07, 6.45) is 1.77. The first-order valence-electron chi connectivity index (χ1n) is 5.40. The summed E-state index contributed by atoms with van der Waals surface area (Å²) in [7, 11) is 0. The molecule has 2 aromatic heterocycles. The van der Waals surface area contributed by atoms with Gasteiger partial charge in [-0.15, -0.1) is 11.3 Å². The van der Waals surface area contributed by atoms with Crippen LogP contribution < -0.4 is 5.32 Å². The highest BCUT2D eigenvalue weighted by molar-refractivity contribution is 7.09. The minimum atomic E-state index is 0.796. The van der Waals surface area contributed by atoms with Gasteiger partial charge in [-0.3, -0.25) is 4.98 Å². The van der Waals surface area contributed by atoms with Gasteiger partial charge >= 0.3 is 0 Å². The molecular weight excluding hydrogens is 230 g/mol. The highest BCUT2D eigenvalue weighted by Gasteiger charge is 1.99. The Hall–Kier alpha value is -1.94. The summed E-state index contributed by atoms with van der Waals surface area (Å²) in [5.41, 5.74) is 1.85. The summed E-state index contributed by atoms with van der Waals surface area (Å²) in [5, 5.41) is 5.35. The second kappa shape index (κ2) is 4.51. The van der Waals surface area contributed by atoms with Gasteiger partial charge in [0.1, 0.15) is 5.82 Å². The number of fused-ring (bicyclic) bond motifs is 1. The van der Waals surface area contributed by atoms with Gasteiger partial charge in [-0.1, -0.05) is 18.2 Å². The second-order valence-corrected chi connectivity index (χ2v) is 4.71. The van der Waals surface area contributed by atoms with E-state index in [4.69, 9.17) is 0 Å². The Morgan fingerprint density at radius 2 is 1.94 bits per heavy atom. The number of nitrogens with zero attached hydrogens (tertiary/aromatic N) is 2. The van der Waals surface area contributed by atoms with E-state index in [-0.39, 0.29) is 0 Å². The van der Waals surface area contributed by atoms with Gasteiger partial charge in [-0.05, 0) is 23.6 Å². The van der Waals surface area contributed by atoms with Gasteiger partial charge in [0.05, 0.1) is 23.8 Å². The number of anilines is 1. The first-order chi connectivity index (χ1) is 8.42. The van der Waals surface area contributed by atoms with Gasteiger partial charge in [0, 0.05) is 4.88 Å². The topological polar surface area (TPSA) is 37.8 Å². The van der Waals surface area contributed by atoms with Crippen molar-refractivity contribution in [2.24, 2.45) is 0 Å². The van der Waals surface area contributed by atoms with Crippen molar-refractivity contribution in [1.29, 1.82) is 0 Å². The fourth-order valence-corrected chi connectivity index (χ4v) is 2.28. The molecule has 0 radical (unpaired) electrons. The lowest BCUT2D eigenvalue weighted by Gasteiger charge is -2.04. The molecule has 0 aliphatic carbocycles. The minimum Gasteiger partial charge on any atom is -0.364 e. The zero-order valence-electron chi connectivity index (χ0n) is 9.13. The number of hydrogen-bond acceptors (Lipinski definition) is 4. The van der Waals surface area contributed by atoms with Crippen molar-refractivity contribution in [3.05, 3.63) is 52.9 Å². The molecule has 1 aromatic carbocycles. The number of nitrogens with one attached hydrogen (secondary N) is 1. The van der Waals surface area contributed by atoms with E-state index in [1.165, 1.54) is 4.88 Å². The van der Waals surface area contributed by atoms with E-state index in [0.717, 1.165) is 23.4 Å². The second-order valence-electron chi connectivity index (χ2n) is 3.68. The van der Waals surface area contributed by atoms with Crippen molar-refractivity contribution in [3.8, 4) is 0 Å². The Morgan fingerprint density at radius 1 is 1.06 bits per heavy atom. The van der Waals surface area contributed by atoms with E-state index < -0.39 is 0 Å². The Kier molecular flexibility index (Phi) is 2.71. The van der Waals surface area contributed by atoms with Crippen molar-refractivity contribution < 1.29 is 0 Å². The monoisotopic (exact) mass is 241 g/mol. The van der Waals surface area contributed by atoms with Crippen molar-refractivity contribution >= 4 is 28.2 Å². The highest BCUT2D eigenvalue weighted by atomic mass is 32.1. The fraction of sp³-hybridized carbons (Fsp3) is 0.0769. The quantitative estimate of drug-likeness (QED) is 0.764. The summed E-state index contributed by atoms with van der Waals surface area (Å²) in [6.45, 7) is 0.796. The van der Waals surface area contributed by atoms with Gasteiger partial charge in [-0.2, -0.15) is 0 Å². The lowest BCUT2D eigenvalue weighted by molar-refractivity contribution is 1.14. The zero-order chi connectivity index (χ0) is 11.5. The molecule has 3 nitrogen and oxygen atoms in total. The number of hydrogen-bond donors (Lipinski definition) is 1. The van der Waals surface area contributed by atoms with Crippen LogP contribution in [0.1, 0.15) is 4.88 Å². The van der Waals surface area contributed by atoms with Crippen LogP contribution in [0.4, 0.5) is 5.82 Å². The number of para-hydroxylation sites is 2. The standard InChI is InChI=1S/C13H11N3S/c1-2-6-12-11(5-1)14-9-13(16-12)15-8-10-4-3-7-17-10/h1-7,9H,8H2,(H,15,16). The third-order valence-electron chi connectivity index (χ3n) is 2.47. The molecule has 1 N–H and O–H groups in total. The molecule has 4 heteroatoms. The molecule has 2 heterocycles. The van der Waals surface area contributed by atoms with Crippen LogP contribution in [0.15, 0.2) is 48.0 Å². The summed E-state index contributed by atoms with van der Waals surface area (Å²) in [6, 6.07) is 12.0. The Morgan fingerprint density at radius 3 is 2.76 bits per heavy atom. The lowest BCUT2D eigenvalue weighted by Crippen LogP contribution is -2.00. The molecule has 0 unspecified atom stereocenters. The molecule has 0 amide bonds. The average Bonchev–Trinajstić information content (AvgIpc) is 2.89. The normalized spacial score (nSPS) is 10.6. The van der Waals surface area contributed by atoms with Crippen LogP contribution in [-0.4, -0.2) is 9.97 Å². The first kappa shape index (κ1) is 10.2. The van der Waals surface area contributed by atoms with Gasteiger partial charge in [0.25, 0.3) is 0 Å². The molecule has 0 atom stereocenters. The van der Waals surface area contributed by atoms with Crippen LogP contribution in [0.2, 0.25) is 0 Å². The summed E-state index contributed by atoms with van der Waals surface area (Å²) in [5.74, 6) is 0.817. The Bertz CT molecular complexity index is 619. The van der Waals surface area contributed by atoms with Gasteiger partial charge in [0.15, 0.2) is 0 Å². The molecule has 0 aliphatic rings. The molecule has 0 saturated heterocycles. The number of aromatic nitrogens is 2. The molecule has 3 aromatic rings. The summed E-state index contributed by atoms with van der Waals surface area (Å²) in [4.78, 5) is 10.2. The molecule has 84 valence electrons. The van der Waals surface area contributed by atoms with Crippen LogP contribution in [0.25, 0.3) is 11.0 Å². The predicted molar refractivity (Wildman–Crippen MR) is 71.2 cm³/mol. The third kappa shape index (κ3) is 2.26. The van der Waals surface area contributed by atoms with Gasteiger partial charge in [0.2, 0.25) is 0 Å². The number of thiophene rings is 1. The maximum absolute atomic E-state index is 4.51. The Balaban J connectivity index is 1.81. The van der Waals surface area contributed by atoms with E-state index in [0.29, 0.717) is 0 Å². The smallest absolute Gasteiger partial charge is 0.145 e. The van der Waals surface area contributed by atoms with Crippen LogP contribution in [0.3, 0.4) is 0 Å². The molecule has 0 aliphatic heterocycles. The van der Waals surface area contributed by atoms with Crippen LogP contribution in [-0.2, 0) is 6.54 Å². The molecular formula is C13H11N3S. The van der Waals surface area contributed by atoms with E-state index in [9.17, 15) is 0 Å². The van der Waals surface area contributed by atoms with Gasteiger partial charge in [-0.25, -0.2) is 4.98 Å². The number of rotatable bonds is 3. The van der Waals surface area contributed by atoms with Crippen molar-refractivity contribution in [2.75, 3.05) is 5.32 Å². The maximum atomic E-state index is 4.51. The number of benzene rings is 1. The summed E-state index contributed by atoms with van der Waals surface area (Å²) >= 11 is 1.74. The van der Waals surface area contributed by atoms with E-state index in [1.54, 1.807) is 17.5 Å². The van der Waals surface area contributed by atoms with Crippen LogP contribution >= 0.6 is 11.3 Å². The van der Waals surface area contributed by atoms with Crippen LogP contribution in [0, 0.1) is 0 Å². The van der Waals surface area contributed by atoms with Crippen molar-refractivity contribution in [3.63, 3.8) is 0 Å². The molecule has 0 bridgehead atoms. The maximum Gasteiger partial charge on any atom is 0.145 e. The minimum absolute atomic E-state index is 0.796. The predicted octanol–water partition coefficient (Wildman–Crippen LogP) is 3.30. The van der Waals surface area contributed by atoms with Crippen LogP contribution in [0.5, 0.6) is 0 Å². The molecule has 0 fully saturated rings. The molecule has 0 saturated carbocycles. The zero-order valence-corrected chi connectivity index (χ0v) is 9.95. The van der Waals surface area contributed by atoms with Gasteiger partial charge < -0.3 is 5.32 Å². The first-order valence-corrected chi connectivity index (χ1v) is 6.28. The average molecular weight is 241 g/mol. The molecule has 0 spiro atoms. The highest BCUT2D eigenvalue weighted by Crippen LogP contribution is 2.14. The largest absolute Gasteiger partial charge is 0.364 e.